The lowest BCUT2D eigenvalue weighted by atomic mass is 9.88. The second-order valence-corrected chi connectivity index (χ2v) is 4.27. The van der Waals surface area contributed by atoms with E-state index in [1.807, 2.05) is 13.8 Å². The topological polar surface area (TPSA) is 58.9 Å². The van der Waals surface area contributed by atoms with Crippen LogP contribution < -0.4 is 0 Å². The van der Waals surface area contributed by atoms with Gasteiger partial charge < -0.3 is 19.7 Å². The fourth-order valence-electron chi connectivity index (χ4n) is 2.34. The first-order valence-corrected chi connectivity index (χ1v) is 5.65. The van der Waals surface area contributed by atoms with Gasteiger partial charge in [-0.05, 0) is 20.3 Å². The van der Waals surface area contributed by atoms with Gasteiger partial charge in [-0.2, -0.15) is 0 Å². The molecule has 4 nitrogen and oxygen atoms in total. The predicted molar refractivity (Wildman–Crippen MR) is 56.4 cm³/mol. The highest BCUT2D eigenvalue weighted by Gasteiger charge is 2.49. The summed E-state index contributed by atoms with van der Waals surface area (Å²) >= 11 is 0. The molecule has 1 rings (SSSR count). The highest BCUT2D eigenvalue weighted by Crippen LogP contribution is 2.46. The average Bonchev–Trinajstić information content (AvgIpc) is 2.60. The number of rotatable bonds is 6. The van der Waals surface area contributed by atoms with E-state index in [-0.39, 0.29) is 13.2 Å². The molecule has 2 N–H and O–H groups in total. The summed E-state index contributed by atoms with van der Waals surface area (Å²) in [6, 6.07) is 0. The van der Waals surface area contributed by atoms with E-state index in [2.05, 4.69) is 0 Å². The van der Waals surface area contributed by atoms with Gasteiger partial charge in [0.05, 0.1) is 13.2 Å². The molecule has 0 radical (unpaired) electrons. The standard InChI is InChI=1S/C11H22O4/c1-3-14-11(15-4-2)6-5-10(7-11,8-12)9-13/h12-13H,3-9H2,1-2H3. The van der Waals surface area contributed by atoms with Crippen molar-refractivity contribution in [2.24, 2.45) is 5.41 Å². The van der Waals surface area contributed by atoms with Crippen LogP contribution in [0.3, 0.4) is 0 Å². The molecule has 15 heavy (non-hydrogen) atoms. The monoisotopic (exact) mass is 218 g/mol. The minimum atomic E-state index is -0.588. The Morgan fingerprint density at radius 2 is 1.53 bits per heavy atom. The Hall–Kier alpha value is -0.160. The van der Waals surface area contributed by atoms with Crippen molar-refractivity contribution in [1.82, 2.24) is 0 Å². The maximum atomic E-state index is 9.31. The number of aliphatic hydroxyl groups is 2. The van der Waals surface area contributed by atoms with Crippen LogP contribution in [-0.2, 0) is 9.47 Å². The van der Waals surface area contributed by atoms with E-state index in [0.29, 0.717) is 19.6 Å². The van der Waals surface area contributed by atoms with Gasteiger partial charge in [-0.25, -0.2) is 0 Å². The van der Waals surface area contributed by atoms with Crippen LogP contribution in [0.15, 0.2) is 0 Å². The highest BCUT2D eigenvalue weighted by molar-refractivity contribution is 4.94. The quantitative estimate of drug-likeness (QED) is 0.651. The molecule has 1 fully saturated rings. The van der Waals surface area contributed by atoms with Crippen LogP contribution in [0.25, 0.3) is 0 Å². The van der Waals surface area contributed by atoms with Crippen LogP contribution in [0.1, 0.15) is 33.1 Å². The molecule has 1 saturated carbocycles. The van der Waals surface area contributed by atoms with Crippen LogP contribution in [-0.4, -0.2) is 42.4 Å². The molecule has 0 unspecified atom stereocenters. The van der Waals surface area contributed by atoms with Gasteiger partial charge >= 0.3 is 0 Å². The molecule has 4 heteroatoms. The Balaban J connectivity index is 2.69. The Kier molecular flexibility index (Phi) is 4.52. The van der Waals surface area contributed by atoms with Crippen molar-refractivity contribution in [2.75, 3.05) is 26.4 Å². The maximum absolute atomic E-state index is 9.31. The van der Waals surface area contributed by atoms with Gasteiger partial charge in [0.15, 0.2) is 5.79 Å². The second-order valence-electron chi connectivity index (χ2n) is 4.27. The lowest BCUT2D eigenvalue weighted by molar-refractivity contribution is -0.234. The molecular formula is C11H22O4. The van der Waals surface area contributed by atoms with Crippen LogP contribution in [0, 0.1) is 5.41 Å². The first-order valence-electron chi connectivity index (χ1n) is 5.65. The molecule has 0 spiro atoms. The van der Waals surface area contributed by atoms with E-state index >= 15 is 0 Å². The Bertz CT molecular complexity index is 183. The largest absolute Gasteiger partial charge is 0.396 e. The SMILES string of the molecule is CCOC1(OCC)CCC(CO)(CO)C1. The zero-order valence-corrected chi connectivity index (χ0v) is 9.66. The molecule has 0 heterocycles. The molecular weight excluding hydrogens is 196 g/mol. The fourth-order valence-corrected chi connectivity index (χ4v) is 2.34. The fraction of sp³-hybridized carbons (Fsp3) is 1.00. The molecule has 0 aromatic heterocycles. The third-order valence-electron chi connectivity index (χ3n) is 3.17. The van der Waals surface area contributed by atoms with E-state index in [0.717, 1.165) is 12.8 Å². The van der Waals surface area contributed by atoms with Gasteiger partial charge in [0.25, 0.3) is 0 Å². The van der Waals surface area contributed by atoms with E-state index in [1.54, 1.807) is 0 Å². The van der Waals surface area contributed by atoms with E-state index < -0.39 is 11.2 Å². The number of ether oxygens (including phenoxy) is 2. The molecule has 0 bridgehead atoms. The van der Waals surface area contributed by atoms with Crippen molar-refractivity contribution >= 4 is 0 Å². The van der Waals surface area contributed by atoms with Gasteiger partial charge in [-0.15, -0.1) is 0 Å². The molecule has 0 saturated heterocycles. The Labute approximate surface area is 91.2 Å². The van der Waals surface area contributed by atoms with Crippen molar-refractivity contribution in [2.45, 2.75) is 38.9 Å². The maximum Gasteiger partial charge on any atom is 0.168 e. The molecule has 0 aromatic rings. The summed E-state index contributed by atoms with van der Waals surface area (Å²) in [4.78, 5) is 0. The lowest BCUT2D eigenvalue weighted by Gasteiger charge is -2.31. The summed E-state index contributed by atoms with van der Waals surface area (Å²) < 4.78 is 11.3. The van der Waals surface area contributed by atoms with E-state index in [1.165, 1.54) is 0 Å². The Morgan fingerprint density at radius 3 is 1.87 bits per heavy atom. The molecule has 0 aromatic carbocycles. The van der Waals surface area contributed by atoms with Crippen LogP contribution in [0.2, 0.25) is 0 Å². The summed E-state index contributed by atoms with van der Waals surface area (Å²) in [6.07, 6.45) is 2.07. The molecule has 1 aliphatic carbocycles. The normalized spacial score (nSPS) is 23.2. The van der Waals surface area contributed by atoms with E-state index in [9.17, 15) is 10.2 Å². The zero-order valence-electron chi connectivity index (χ0n) is 9.66. The molecule has 0 amide bonds. The van der Waals surface area contributed by atoms with E-state index in [4.69, 9.17) is 9.47 Å². The third kappa shape index (κ3) is 2.69. The number of aliphatic hydroxyl groups excluding tert-OH is 2. The van der Waals surface area contributed by atoms with Gasteiger partial charge in [-0.3, -0.25) is 0 Å². The summed E-state index contributed by atoms with van der Waals surface area (Å²) in [7, 11) is 0. The highest BCUT2D eigenvalue weighted by atomic mass is 16.7. The predicted octanol–water partition coefficient (Wildman–Crippen LogP) is 0.911. The van der Waals surface area contributed by atoms with Crippen LogP contribution in [0.4, 0.5) is 0 Å². The Morgan fingerprint density at radius 1 is 1.00 bits per heavy atom. The first kappa shape index (κ1) is 12.9. The van der Waals surface area contributed by atoms with Crippen molar-refractivity contribution in [3.63, 3.8) is 0 Å². The van der Waals surface area contributed by atoms with Gasteiger partial charge in [0, 0.05) is 31.5 Å². The molecule has 0 atom stereocenters. The van der Waals surface area contributed by atoms with Crippen molar-refractivity contribution in [3.8, 4) is 0 Å². The lowest BCUT2D eigenvalue weighted by Crippen LogP contribution is -2.37. The summed E-state index contributed by atoms with van der Waals surface area (Å²) in [6.45, 7) is 5.02. The second kappa shape index (κ2) is 5.25. The van der Waals surface area contributed by atoms with Crippen molar-refractivity contribution < 1.29 is 19.7 Å². The molecule has 0 aliphatic heterocycles. The van der Waals surface area contributed by atoms with Crippen molar-refractivity contribution in [1.29, 1.82) is 0 Å². The minimum Gasteiger partial charge on any atom is -0.396 e. The van der Waals surface area contributed by atoms with Gasteiger partial charge in [0.2, 0.25) is 0 Å². The molecule has 1 aliphatic rings. The minimum absolute atomic E-state index is 0.00853. The number of hydrogen-bond donors (Lipinski definition) is 2. The first-order chi connectivity index (χ1) is 7.16. The van der Waals surface area contributed by atoms with Crippen LogP contribution in [0.5, 0.6) is 0 Å². The number of hydrogen-bond acceptors (Lipinski definition) is 4. The zero-order chi connectivity index (χ0) is 11.4. The summed E-state index contributed by atoms with van der Waals surface area (Å²) in [5.74, 6) is -0.588. The molecule has 90 valence electrons. The third-order valence-corrected chi connectivity index (χ3v) is 3.17. The van der Waals surface area contributed by atoms with Crippen LogP contribution >= 0.6 is 0 Å². The average molecular weight is 218 g/mol. The van der Waals surface area contributed by atoms with Crippen molar-refractivity contribution in [3.05, 3.63) is 0 Å². The summed E-state index contributed by atoms with van der Waals surface area (Å²) in [5.41, 5.74) is -0.426. The van der Waals surface area contributed by atoms with Gasteiger partial charge in [-0.1, -0.05) is 0 Å². The summed E-state index contributed by atoms with van der Waals surface area (Å²) in [5, 5.41) is 18.6. The smallest absolute Gasteiger partial charge is 0.168 e. The van der Waals surface area contributed by atoms with Gasteiger partial charge in [0.1, 0.15) is 0 Å².